The molecule has 0 bridgehead atoms. The quantitative estimate of drug-likeness (QED) is 0.527. The third-order valence-corrected chi connectivity index (χ3v) is 4.69. The van der Waals surface area contributed by atoms with E-state index in [1.165, 1.54) is 32.1 Å². The second-order valence-electron chi connectivity index (χ2n) is 6.59. The van der Waals surface area contributed by atoms with Gasteiger partial charge in [0.15, 0.2) is 5.66 Å². The highest BCUT2D eigenvalue weighted by Gasteiger charge is 2.39. The minimum Gasteiger partial charge on any atom is -0.458 e. The molecule has 0 heterocycles. The molecule has 1 atom stereocenters. The molecule has 5 nitrogen and oxygen atoms in total. The van der Waals surface area contributed by atoms with Gasteiger partial charge in [0.05, 0.1) is 6.10 Å². The van der Waals surface area contributed by atoms with E-state index in [9.17, 15) is 9.90 Å². The van der Waals surface area contributed by atoms with Crippen molar-refractivity contribution >= 4 is 5.97 Å². The summed E-state index contributed by atoms with van der Waals surface area (Å²) in [7, 11) is 0. The number of carbonyl (C=O) groups is 1. The summed E-state index contributed by atoms with van der Waals surface area (Å²) in [6, 6.07) is 9.31. The van der Waals surface area contributed by atoms with E-state index in [-0.39, 0.29) is 6.61 Å². The number of rotatable bonds is 7. The van der Waals surface area contributed by atoms with E-state index < -0.39 is 17.7 Å². The molecule has 1 aromatic rings. The zero-order chi connectivity index (χ0) is 16.7. The molecule has 0 amide bonds. The molecule has 1 aromatic carbocycles. The van der Waals surface area contributed by atoms with Crippen LogP contribution in [0.25, 0.3) is 0 Å². The number of aliphatic hydroxyl groups excluding tert-OH is 1. The van der Waals surface area contributed by atoms with E-state index in [0.717, 1.165) is 12.0 Å². The lowest BCUT2D eigenvalue weighted by Gasteiger charge is -2.29. The first-order chi connectivity index (χ1) is 11.0. The average Bonchev–Trinajstić information content (AvgIpc) is 2.59. The smallest absolute Gasteiger partial charge is 0.344 e. The van der Waals surface area contributed by atoms with Crippen molar-refractivity contribution in [2.45, 2.75) is 63.3 Å². The topological polar surface area (TPSA) is 98.6 Å². The largest absolute Gasteiger partial charge is 0.458 e. The molecule has 5 heteroatoms. The maximum Gasteiger partial charge on any atom is 0.344 e. The van der Waals surface area contributed by atoms with Crippen LogP contribution in [0.2, 0.25) is 0 Å². The summed E-state index contributed by atoms with van der Waals surface area (Å²) < 4.78 is 5.16. The van der Waals surface area contributed by atoms with E-state index in [2.05, 4.69) is 0 Å². The van der Waals surface area contributed by atoms with Crippen molar-refractivity contribution in [3.05, 3.63) is 35.9 Å². The van der Waals surface area contributed by atoms with Crippen LogP contribution in [-0.4, -0.2) is 22.8 Å². The molecule has 0 radical (unpaired) electrons. The van der Waals surface area contributed by atoms with Gasteiger partial charge in [0.25, 0.3) is 0 Å². The molecule has 1 saturated carbocycles. The Morgan fingerprint density at radius 3 is 2.52 bits per heavy atom. The summed E-state index contributed by atoms with van der Waals surface area (Å²) in [5.74, 6) is -0.160. The van der Waals surface area contributed by atoms with Gasteiger partial charge in [-0.05, 0) is 24.3 Å². The second kappa shape index (κ2) is 8.43. The molecule has 5 N–H and O–H groups in total. The number of benzene rings is 1. The van der Waals surface area contributed by atoms with Crippen LogP contribution in [0.4, 0.5) is 0 Å². The summed E-state index contributed by atoms with van der Waals surface area (Å²) in [6.07, 6.45) is 6.35. The first-order valence-corrected chi connectivity index (χ1v) is 8.47. The number of carbonyl (C=O) groups excluding carboxylic acids is 1. The van der Waals surface area contributed by atoms with Crippen LogP contribution in [0.15, 0.2) is 30.3 Å². The Labute approximate surface area is 138 Å². The van der Waals surface area contributed by atoms with Gasteiger partial charge in [0, 0.05) is 0 Å². The summed E-state index contributed by atoms with van der Waals surface area (Å²) in [4.78, 5) is 12.1. The third-order valence-electron chi connectivity index (χ3n) is 4.69. The Balaban J connectivity index is 1.79. The number of aliphatic hydroxyl groups is 1. The van der Waals surface area contributed by atoms with Gasteiger partial charge in [-0.1, -0.05) is 62.4 Å². The minimum absolute atomic E-state index is 0.102. The molecule has 0 saturated heterocycles. The number of hydrogen-bond donors (Lipinski definition) is 3. The van der Waals surface area contributed by atoms with E-state index in [0.29, 0.717) is 12.3 Å². The monoisotopic (exact) mass is 320 g/mol. The molecule has 1 aliphatic rings. The molecule has 1 aliphatic carbocycles. The highest BCUT2D eigenvalue weighted by molar-refractivity contribution is 5.80. The zero-order valence-corrected chi connectivity index (χ0v) is 13.6. The summed E-state index contributed by atoms with van der Waals surface area (Å²) >= 11 is 0. The van der Waals surface area contributed by atoms with Crippen molar-refractivity contribution in [3.63, 3.8) is 0 Å². The molecular weight excluding hydrogens is 292 g/mol. The summed E-state index contributed by atoms with van der Waals surface area (Å²) in [6.45, 7) is 0.102. The molecule has 0 aromatic heterocycles. The maximum absolute atomic E-state index is 12.1. The first kappa shape index (κ1) is 17.9. The lowest BCUT2D eigenvalue weighted by Crippen LogP contribution is -2.65. The average molecular weight is 320 g/mol. The molecule has 128 valence electrons. The normalized spacial score (nSPS) is 17.7. The van der Waals surface area contributed by atoms with Gasteiger partial charge >= 0.3 is 5.97 Å². The SMILES string of the molecule is NC(N)(C(=O)OCc1ccccc1)C(O)CCC1CCCCC1. The van der Waals surface area contributed by atoms with Crippen molar-refractivity contribution in [1.82, 2.24) is 0 Å². The second-order valence-corrected chi connectivity index (χ2v) is 6.59. The predicted molar refractivity (Wildman–Crippen MR) is 89.2 cm³/mol. The summed E-state index contributed by atoms with van der Waals surface area (Å²) in [5, 5.41) is 10.2. The minimum atomic E-state index is -1.86. The Morgan fingerprint density at radius 1 is 1.22 bits per heavy atom. The number of nitrogens with two attached hydrogens (primary N) is 2. The zero-order valence-electron chi connectivity index (χ0n) is 13.6. The van der Waals surface area contributed by atoms with Gasteiger partial charge in [-0.3, -0.25) is 0 Å². The van der Waals surface area contributed by atoms with Crippen molar-refractivity contribution in [3.8, 4) is 0 Å². The van der Waals surface area contributed by atoms with Gasteiger partial charge in [0.2, 0.25) is 0 Å². The molecule has 0 spiro atoms. The third kappa shape index (κ3) is 5.30. The van der Waals surface area contributed by atoms with Gasteiger partial charge in [-0.2, -0.15) is 0 Å². The van der Waals surface area contributed by atoms with E-state index in [1.807, 2.05) is 30.3 Å². The standard InChI is InChI=1S/C18H28N2O3/c19-18(20,16(21)12-11-14-7-3-1-4-8-14)17(22)23-13-15-9-5-2-6-10-15/h2,5-6,9-10,14,16,21H,1,3-4,7-8,11-13,19-20H2. The molecule has 23 heavy (non-hydrogen) atoms. The van der Waals surface area contributed by atoms with Crippen molar-refractivity contribution in [2.75, 3.05) is 0 Å². The van der Waals surface area contributed by atoms with Crippen LogP contribution in [0.3, 0.4) is 0 Å². The molecule has 0 aliphatic heterocycles. The van der Waals surface area contributed by atoms with Crippen LogP contribution < -0.4 is 11.5 Å². The highest BCUT2D eigenvalue weighted by atomic mass is 16.5. The highest BCUT2D eigenvalue weighted by Crippen LogP contribution is 2.28. The van der Waals surface area contributed by atoms with Crippen molar-refractivity contribution in [2.24, 2.45) is 17.4 Å². The van der Waals surface area contributed by atoms with Gasteiger partial charge in [-0.25, -0.2) is 4.79 Å². The Hall–Kier alpha value is -1.43. The van der Waals surface area contributed by atoms with Crippen LogP contribution in [-0.2, 0) is 16.1 Å². The van der Waals surface area contributed by atoms with E-state index in [1.54, 1.807) is 0 Å². The van der Waals surface area contributed by atoms with Crippen LogP contribution in [0, 0.1) is 5.92 Å². The Bertz CT molecular complexity index is 484. The maximum atomic E-state index is 12.1. The van der Waals surface area contributed by atoms with E-state index >= 15 is 0 Å². The fourth-order valence-corrected chi connectivity index (χ4v) is 3.09. The first-order valence-electron chi connectivity index (χ1n) is 8.47. The lowest BCUT2D eigenvalue weighted by molar-refractivity contribution is -0.156. The number of hydrogen-bond acceptors (Lipinski definition) is 5. The van der Waals surface area contributed by atoms with Crippen LogP contribution in [0.1, 0.15) is 50.5 Å². The van der Waals surface area contributed by atoms with Crippen molar-refractivity contribution in [1.29, 1.82) is 0 Å². The van der Waals surface area contributed by atoms with Crippen LogP contribution >= 0.6 is 0 Å². The van der Waals surface area contributed by atoms with E-state index in [4.69, 9.17) is 16.2 Å². The number of esters is 1. The fourth-order valence-electron chi connectivity index (χ4n) is 3.09. The molecular formula is C18H28N2O3. The molecule has 1 unspecified atom stereocenters. The van der Waals surface area contributed by atoms with Crippen molar-refractivity contribution < 1.29 is 14.6 Å². The van der Waals surface area contributed by atoms with Gasteiger partial charge in [0.1, 0.15) is 6.61 Å². The number of ether oxygens (including phenoxy) is 1. The summed E-state index contributed by atoms with van der Waals surface area (Å²) in [5.41, 5.74) is 10.7. The van der Waals surface area contributed by atoms with Gasteiger partial charge < -0.3 is 21.3 Å². The predicted octanol–water partition coefficient (Wildman–Crippen LogP) is 2.06. The fraction of sp³-hybridized carbons (Fsp3) is 0.611. The van der Waals surface area contributed by atoms with Gasteiger partial charge in [-0.15, -0.1) is 0 Å². The molecule has 2 rings (SSSR count). The molecule has 1 fully saturated rings. The Kier molecular flexibility index (Phi) is 6.57. The Morgan fingerprint density at radius 2 is 1.87 bits per heavy atom. The van der Waals surface area contributed by atoms with Crippen LogP contribution in [0.5, 0.6) is 0 Å². The lowest BCUT2D eigenvalue weighted by atomic mass is 9.84.